The molecule has 2 N–H and O–H groups in total. The van der Waals surface area contributed by atoms with E-state index in [1.54, 1.807) is 25.1 Å². The average molecular weight is 340 g/mol. The fourth-order valence-electron chi connectivity index (χ4n) is 2.45. The van der Waals surface area contributed by atoms with E-state index >= 15 is 0 Å². The first-order valence-electron chi connectivity index (χ1n) is 8.04. The topological polar surface area (TPSA) is 76.7 Å². The first kappa shape index (κ1) is 16.8. The summed E-state index contributed by atoms with van der Waals surface area (Å²) in [6, 6.07) is 10.8. The number of nitrogens with one attached hydrogen (secondary N) is 2. The summed E-state index contributed by atoms with van der Waals surface area (Å²) >= 11 is 0. The van der Waals surface area contributed by atoms with Gasteiger partial charge in [-0.15, -0.1) is 0 Å². The quantitative estimate of drug-likeness (QED) is 0.897. The van der Waals surface area contributed by atoms with Crippen LogP contribution in [0.1, 0.15) is 18.1 Å². The second-order valence-corrected chi connectivity index (χ2v) is 6.04. The molecule has 1 heterocycles. The van der Waals surface area contributed by atoms with Crippen molar-refractivity contribution in [3.8, 4) is 11.5 Å². The van der Waals surface area contributed by atoms with Crippen molar-refractivity contribution in [2.24, 2.45) is 0 Å². The van der Waals surface area contributed by atoms with Crippen molar-refractivity contribution in [2.45, 2.75) is 26.9 Å². The predicted molar refractivity (Wildman–Crippen MR) is 95.2 cm³/mol. The molecule has 0 bridgehead atoms. The zero-order valence-corrected chi connectivity index (χ0v) is 14.4. The van der Waals surface area contributed by atoms with Gasteiger partial charge < -0.3 is 20.1 Å². The molecule has 0 aliphatic carbocycles. The molecule has 0 radical (unpaired) electrons. The van der Waals surface area contributed by atoms with Gasteiger partial charge in [0.25, 0.3) is 11.8 Å². The molecule has 130 valence electrons. The number of hydrogen-bond donors (Lipinski definition) is 2. The Bertz CT molecular complexity index is 832. The van der Waals surface area contributed by atoms with E-state index in [-0.39, 0.29) is 18.4 Å². The monoisotopic (exact) mass is 340 g/mol. The predicted octanol–water partition coefficient (Wildman–Crippen LogP) is 3.04. The largest absolute Gasteiger partial charge is 0.482 e. The standard InChI is InChI=1S/C19H20N2O4/c1-11-4-6-15(8-12(11)2)25-13(3)19(23)20-14-5-7-17-16(9-14)21-18(22)10-24-17/h4-9,13H,10H2,1-3H3,(H,20,23)(H,21,22)/t13-/m1/s1. The van der Waals surface area contributed by atoms with Gasteiger partial charge in [-0.05, 0) is 62.2 Å². The highest BCUT2D eigenvalue weighted by Crippen LogP contribution is 2.30. The summed E-state index contributed by atoms with van der Waals surface area (Å²) in [4.78, 5) is 23.7. The van der Waals surface area contributed by atoms with Crippen LogP contribution in [0.5, 0.6) is 11.5 Å². The third-order valence-electron chi connectivity index (χ3n) is 4.04. The fraction of sp³-hybridized carbons (Fsp3) is 0.263. The number of ether oxygens (including phenoxy) is 2. The van der Waals surface area contributed by atoms with Crippen LogP contribution in [0.2, 0.25) is 0 Å². The Hall–Kier alpha value is -3.02. The molecule has 3 rings (SSSR count). The van der Waals surface area contributed by atoms with E-state index in [1.807, 2.05) is 32.0 Å². The minimum atomic E-state index is -0.663. The molecule has 1 atom stereocenters. The van der Waals surface area contributed by atoms with Crippen molar-refractivity contribution in [3.63, 3.8) is 0 Å². The van der Waals surface area contributed by atoms with E-state index in [0.717, 1.165) is 5.56 Å². The van der Waals surface area contributed by atoms with E-state index in [0.29, 0.717) is 22.9 Å². The van der Waals surface area contributed by atoms with Gasteiger partial charge in [0.05, 0.1) is 5.69 Å². The van der Waals surface area contributed by atoms with Crippen LogP contribution in [0.3, 0.4) is 0 Å². The lowest BCUT2D eigenvalue weighted by atomic mass is 10.1. The summed E-state index contributed by atoms with van der Waals surface area (Å²) in [6.45, 7) is 5.71. The zero-order valence-electron chi connectivity index (χ0n) is 14.4. The number of anilines is 2. The van der Waals surface area contributed by atoms with Crippen molar-refractivity contribution in [1.82, 2.24) is 0 Å². The van der Waals surface area contributed by atoms with E-state index in [2.05, 4.69) is 10.6 Å². The van der Waals surface area contributed by atoms with Gasteiger partial charge in [0.2, 0.25) is 0 Å². The third kappa shape index (κ3) is 3.91. The SMILES string of the molecule is Cc1ccc(O[C@H](C)C(=O)Nc2ccc3c(c2)NC(=O)CO3)cc1C. The first-order valence-corrected chi connectivity index (χ1v) is 8.04. The summed E-state index contributed by atoms with van der Waals surface area (Å²) < 4.78 is 11.0. The molecule has 1 aliphatic rings. The molecule has 2 amide bonds. The normalized spacial score (nSPS) is 14.0. The number of hydrogen-bond acceptors (Lipinski definition) is 4. The second-order valence-electron chi connectivity index (χ2n) is 6.04. The molecule has 6 heteroatoms. The number of carbonyl (C=O) groups is 2. The van der Waals surface area contributed by atoms with Crippen LogP contribution in [0.25, 0.3) is 0 Å². The minimum absolute atomic E-state index is 0.000450. The van der Waals surface area contributed by atoms with Crippen LogP contribution < -0.4 is 20.1 Å². The molecule has 2 aromatic carbocycles. The second kappa shape index (κ2) is 6.84. The van der Waals surface area contributed by atoms with E-state index in [4.69, 9.17) is 9.47 Å². The number of amides is 2. The number of rotatable bonds is 4. The number of fused-ring (bicyclic) bond motifs is 1. The highest BCUT2D eigenvalue weighted by molar-refractivity contribution is 5.98. The van der Waals surface area contributed by atoms with E-state index in [1.165, 1.54) is 5.56 Å². The van der Waals surface area contributed by atoms with Crippen molar-refractivity contribution >= 4 is 23.2 Å². The third-order valence-corrected chi connectivity index (χ3v) is 4.04. The molecule has 1 aliphatic heterocycles. The van der Waals surface area contributed by atoms with Crippen LogP contribution >= 0.6 is 0 Å². The average Bonchev–Trinajstić information content (AvgIpc) is 2.57. The van der Waals surface area contributed by atoms with Gasteiger partial charge in [-0.1, -0.05) is 6.07 Å². The summed E-state index contributed by atoms with van der Waals surface area (Å²) in [5.41, 5.74) is 3.38. The van der Waals surface area contributed by atoms with E-state index in [9.17, 15) is 9.59 Å². The lowest BCUT2D eigenvalue weighted by Crippen LogP contribution is -2.30. The van der Waals surface area contributed by atoms with Crippen LogP contribution in [0.15, 0.2) is 36.4 Å². The molecule has 6 nitrogen and oxygen atoms in total. The van der Waals surface area contributed by atoms with Crippen molar-refractivity contribution in [1.29, 1.82) is 0 Å². The maximum Gasteiger partial charge on any atom is 0.265 e. The Morgan fingerprint density at radius 2 is 2.00 bits per heavy atom. The molecule has 2 aromatic rings. The molecule has 0 fully saturated rings. The molecular weight excluding hydrogens is 320 g/mol. The van der Waals surface area contributed by atoms with Crippen LogP contribution in [-0.2, 0) is 9.59 Å². The van der Waals surface area contributed by atoms with Crippen LogP contribution in [-0.4, -0.2) is 24.5 Å². The summed E-state index contributed by atoms with van der Waals surface area (Å²) in [7, 11) is 0. The van der Waals surface area contributed by atoms with Crippen LogP contribution in [0.4, 0.5) is 11.4 Å². The number of benzene rings is 2. The van der Waals surface area contributed by atoms with E-state index < -0.39 is 6.10 Å². The summed E-state index contributed by atoms with van der Waals surface area (Å²) in [5.74, 6) is 0.734. The van der Waals surface area contributed by atoms with Gasteiger partial charge >= 0.3 is 0 Å². The number of aryl methyl sites for hydroxylation is 2. The van der Waals surface area contributed by atoms with Crippen molar-refractivity contribution in [3.05, 3.63) is 47.5 Å². The van der Waals surface area contributed by atoms with Gasteiger partial charge in [0.15, 0.2) is 12.7 Å². The maximum atomic E-state index is 12.3. The van der Waals surface area contributed by atoms with Gasteiger partial charge in [0, 0.05) is 5.69 Å². The van der Waals surface area contributed by atoms with Gasteiger partial charge in [-0.2, -0.15) is 0 Å². The van der Waals surface area contributed by atoms with Crippen molar-refractivity contribution in [2.75, 3.05) is 17.2 Å². The Labute approximate surface area is 146 Å². The summed E-state index contributed by atoms with van der Waals surface area (Å²) in [5, 5.41) is 5.49. The highest BCUT2D eigenvalue weighted by atomic mass is 16.5. The molecule has 0 saturated heterocycles. The Morgan fingerprint density at radius 1 is 1.20 bits per heavy atom. The van der Waals surface area contributed by atoms with Crippen molar-refractivity contribution < 1.29 is 19.1 Å². The van der Waals surface area contributed by atoms with Crippen LogP contribution in [0, 0.1) is 13.8 Å². The van der Waals surface area contributed by atoms with Gasteiger partial charge in [0.1, 0.15) is 11.5 Å². The molecule has 25 heavy (non-hydrogen) atoms. The molecule has 0 spiro atoms. The van der Waals surface area contributed by atoms with Gasteiger partial charge in [-0.25, -0.2) is 0 Å². The highest BCUT2D eigenvalue weighted by Gasteiger charge is 2.19. The smallest absolute Gasteiger partial charge is 0.265 e. The molecule has 0 aromatic heterocycles. The summed E-state index contributed by atoms with van der Waals surface area (Å²) in [6.07, 6.45) is -0.663. The lowest BCUT2D eigenvalue weighted by Gasteiger charge is -2.19. The maximum absolute atomic E-state index is 12.3. The first-order chi connectivity index (χ1) is 11.9. The van der Waals surface area contributed by atoms with Gasteiger partial charge in [-0.3, -0.25) is 9.59 Å². The fourth-order valence-corrected chi connectivity index (χ4v) is 2.45. The Kier molecular flexibility index (Phi) is 4.61. The minimum Gasteiger partial charge on any atom is -0.482 e. The Morgan fingerprint density at radius 3 is 2.76 bits per heavy atom. The number of carbonyl (C=O) groups excluding carboxylic acids is 2. The zero-order chi connectivity index (χ0) is 18.0. The Balaban J connectivity index is 1.66. The molecule has 0 saturated carbocycles. The molecule has 0 unspecified atom stereocenters. The lowest BCUT2D eigenvalue weighted by molar-refractivity contribution is -0.122. The molecular formula is C19H20N2O4.